The van der Waals surface area contributed by atoms with Crippen molar-refractivity contribution >= 4 is 5.91 Å². The summed E-state index contributed by atoms with van der Waals surface area (Å²) in [7, 11) is 0. The number of carbonyl (C=O) groups excluding carboxylic acids is 1. The van der Waals surface area contributed by atoms with Gasteiger partial charge in [0.2, 0.25) is 0 Å². The molecule has 20 heavy (non-hydrogen) atoms. The lowest BCUT2D eigenvalue weighted by atomic mass is 10.1. The molecule has 2 aromatic heterocycles. The van der Waals surface area contributed by atoms with Crippen LogP contribution >= 0.6 is 0 Å². The summed E-state index contributed by atoms with van der Waals surface area (Å²) in [5, 5.41) is 4.44. The Morgan fingerprint density at radius 2 is 2.30 bits per heavy atom. The van der Waals surface area contributed by atoms with E-state index in [0.29, 0.717) is 12.2 Å². The third-order valence-electron chi connectivity index (χ3n) is 3.67. The Hall–Kier alpha value is -2.18. The highest BCUT2D eigenvalue weighted by molar-refractivity contribution is 5.92. The van der Waals surface area contributed by atoms with E-state index in [9.17, 15) is 4.79 Å². The third-order valence-corrected chi connectivity index (χ3v) is 3.67. The molecule has 3 heterocycles. The van der Waals surface area contributed by atoms with E-state index >= 15 is 0 Å². The summed E-state index contributed by atoms with van der Waals surface area (Å²) in [5.41, 5.74) is 0.539. The van der Waals surface area contributed by atoms with Crippen molar-refractivity contribution in [3.05, 3.63) is 29.9 Å². The van der Waals surface area contributed by atoms with Crippen molar-refractivity contribution in [3.63, 3.8) is 0 Å². The molecule has 0 spiro atoms. The number of likely N-dealkylation sites (tertiary alicyclic amines) is 1. The van der Waals surface area contributed by atoms with Gasteiger partial charge in [0.15, 0.2) is 0 Å². The quantitative estimate of drug-likeness (QED) is 0.889. The van der Waals surface area contributed by atoms with Crippen LogP contribution in [0.25, 0.3) is 0 Å². The first-order chi connectivity index (χ1) is 9.65. The highest BCUT2D eigenvalue weighted by Gasteiger charge is 2.27. The van der Waals surface area contributed by atoms with Gasteiger partial charge in [-0.15, -0.1) is 0 Å². The Balaban J connectivity index is 1.77. The minimum absolute atomic E-state index is 0.00157. The molecule has 0 aromatic carbocycles. The number of hydrogen-bond acceptors (Lipinski definition) is 4. The first-order valence-corrected chi connectivity index (χ1v) is 6.82. The molecule has 0 radical (unpaired) electrons. The third kappa shape index (κ3) is 2.31. The fourth-order valence-electron chi connectivity index (χ4n) is 2.76. The van der Waals surface area contributed by atoms with Gasteiger partial charge in [0.25, 0.3) is 5.91 Å². The predicted molar refractivity (Wildman–Crippen MR) is 72.3 cm³/mol. The minimum atomic E-state index is 0.00157. The Kier molecular flexibility index (Phi) is 3.25. The number of H-pyrrole nitrogens is 1. The van der Waals surface area contributed by atoms with Gasteiger partial charge in [0.1, 0.15) is 17.3 Å². The largest absolute Gasteiger partial charge is 0.341 e. The van der Waals surface area contributed by atoms with Gasteiger partial charge in [-0.2, -0.15) is 5.10 Å². The Morgan fingerprint density at radius 3 is 2.95 bits per heavy atom. The van der Waals surface area contributed by atoms with Gasteiger partial charge in [-0.1, -0.05) is 0 Å². The molecule has 1 fully saturated rings. The molecule has 1 unspecified atom stereocenters. The average Bonchev–Trinajstić information content (AvgIpc) is 3.08. The fraction of sp³-hybridized carbons (Fsp3) is 0.538. The zero-order valence-corrected chi connectivity index (χ0v) is 11.7. The van der Waals surface area contributed by atoms with E-state index in [0.717, 1.165) is 31.0 Å². The van der Waals surface area contributed by atoms with E-state index in [1.807, 2.05) is 23.4 Å². The van der Waals surface area contributed by atoms with Crippen LogP contribution in [0.15, 0.2) is 12.5 Å². The van der Waals surface area contributed by atoms with Crippen LogP contribution in [0.2, 0.25) is 0 Å². The molecule has 1 aliphatic heterocycles. The number of aromatic nitrogens is 5. The Labute approximate surface area is 117 Å². The second kappa shape index (κ2) is 5.07. The highest BCUT2D eigenvalue weighted by Crippen LogP contribution is 2.23. The lowest BCUT2D eigenvalue weighted by Gasteiger charge is -2.32. The highest BCUT2D eigenvalue weighted by atomic mass is 16.2. The van der Waals surface area contributed by atoms with E-state index in [4.69, 9.17) is 0 Å². The lowest BCUT2D eigenvalue weighted by Crippen LogP contribution is -2.41. The molecule has 1 amide bonds. The van der Waals surface area contributed by atoms with Crippen LogP contribution in [-0.2, 0) is 0 Å². The van der Waals surface area contributed by atoms with Gasteiger partial charge in [-0.25, -0.2) is 14.6 Å². The van der Waals surface area contributed by atoms with Gasteiger partial charge < -0.3 is 9.88 Å². The zero-order valence-electron chi connectivity index (χ0n) is 11.7. The molecular weight excluding hydrogens is 256 g/mol. The number of piperidine rings is 1. The summed E-state index contributed by atoms with van der Waals surface area (Å²) in [6.45, 7) is 5.29. The monoisotopic (exact) mass is 274 g/mol. The van der Waals surface area contributed by atoms with Crippen LogP contribution in [0.4, 0.5) is 0 Å². The number of carbonyl (C=O) groups is 1. The van der Waals surface area contributed by atoms with E-state index in [-0.39, 0.29) is 11.9 Å². The molecule has 2 aromatic rings. The first kappa shape index (κ1) is 12.8. The molecule has 106 valence electrons. The van der Waals surface area contributed by atoms with Crippen molar-refractivity contribution < 1.29 is 4.79 Å². The normalized spacial score (nSPS) is 19.3. The summed E-state index contributed by atoms with van der Waals surface area (Å²) in [4.78, 5) is 25.3. The molecule has 0 bridgehead atoms. The molecular formula is C13H18N6O. The van der Waals surface area contributed by atoms with Crippen LogP contribution in [0, 0.1) is 13.8 Å². The molecule has 7 heteroatoms. The van der Waals surface area contributed by atoms with Crippen molar-refractivity contribution in [1.82, 2.24) is 29.6 Å². The van der Waals surface area contributed by atoms with Crippen molar-refractivity contribution in [2.75, 3.05) is 13.1 Å². The fourth-order valence-corrected chi connectivity index (χ4v) is 2.76. The maximum absolute atomic E-state index is 12.3. The summed E-state index contributed by atoms with van der Waals surface area (Å²) in [6.07, 6.45) is 5.09. The molecule has 1 atom stereocenters. The van der Waals surface area contributed by atoms with Gasteiger partial charge in [-0.05, 0) is 26.7 Å². The molecule has 7 nitrogen and oxygen atoms in total. The van der Waals surface area contributed by atoms with Gasteiger partial charge >= 0.3 is 0 Å². The summed E-state index contributed by atoms with van der Waals surface area (Å²) in [5.74, 6) is 1.68. The Bertz CT molecular complexity index is 602. The molecule has 0 saturated carbocycles. The van der Waals surface area contributed by atoms with Crippen LogP contribution in [0.1, 0.15) is 41.0 Å². The number of imidazole rings is 1. The van der Waals surface area contributed by atoms with Crippen LogP contribution in [0.5, 0.6) is 0 Å². The van der Waals surface area contributed by atoms with Crippen molar-refractivity contribution in [2.24, 2.45) is 0 Å². The summed E-state index contributed by atoms with van der Waals surface area (Å²) < 4.78 is 1.95. The molecule has 1 N–H and O–H groups in total. The number of nitrogens with zero attached hydrogens (tertiary/aromatic N) is 5. The number of aromatic amines is 1. The Morgan fingerprint density at radius 1 is 1.45 bits per heavy atom. The molecule has 1 aliphatic rings. The van der Waals surface area contributed by atoms with Crippen LogP contribution in [0.3, 0.4) is 0 Å². The average molecular weight is 274 g/mol. The van der Waals surface area contributed by atoms with Crippen molar-refractivity contribution in [1.29, 1.82) is 0 Å². The number of hydrogen-bond donors (Lipinski definition) is 1. The van der Waals surface area contributed by atoms with Crippen molar-refractivity contribution in [2.45, 2.75) is 32.7 Å². The first-order valence-electron chi connectivity index (χ1n) is 6.82. The minimum Gasteiger partial charge on any atom is -0.341 e. The second-order valence-electron chi connectivity index (χ2n) is 5.16. The zero-order chi connectivity index (χ0) is 14.1. The predicted octanol–water partition coefficient (Wildman–Crippen LogP) is 1.10. The van der Waals surface area contributed by atoms with E-state index in [2.05, 4.69) is 20.1 Å². The van der Waals surface area contributed by atoms with Gasteiger partial charge in [0, 0.05) is 13.1 Å². The van der Waals surface area contributed by atoms with E-state index in [1.165, 1.54) is 6.33 Å². The molecule has 0 aliphatic carbocycles. The number of aryl methyl sites for hydroxylation is 2. The molecule has 1 saturated heterocycles. The summed E-state index contributed by atoms with van der Waals surface area (Å²) in [6, 6.07) is 0.205. The SMILES string of the molecule is Cc1nc(C)n(C2CCCN(C(=O)c3cnc[nH]3)C2)n1. The maximum Gasteiger partial charge on any atom is 0.271 e. The molecule has 3 rings (SSSR count). The van der Waals surface area contributed by atoms with Crippen molar-refractivity contribution in [3.8, 4) is 0 Å². The smallest absolute Gasteiger partial charge is 0.271 e. The maximum atomic E-state index is 12.3. The standard InChI is InChI=1S/C13H18N6O/c1-9-16-10(2)19(17-9)11-4-3-5-18(7-11)13(20)12-6-14-8-15-12/h6,8,11H,3-5,7H2,1-2H3,(H,14,15). The van der Waals surface area contributed by atoms with Gasteiger partial charge in [0.05, 0.1) is 18.6 Å². The van der Waals surface area contributed by atoms with E-state index in [1.54, 1.807) is 6.20 Å². The number of nitrogens with one attached hydrogen (secondary N) is 1. The van der Waals surface area contributed by atoms with Crippen LogP contribution in [-0.4, -0.2) is 48.6 Å². The van der Waals surface area contributed by atoms with Crippen LogP contribution < -0.4 is 0 Å². The second-order valence-corrected chi connectivity index (χ2v) is 5.16. The number of amides is 1. The number of rotatable bonds is 2. The van der Waals surface area contributed by atoms with Gasteiger partial charge in [-0.3, -0.25) is 4.79 Å². The lowest BCUT2D eigenvalue weighted by molar-refractivity contribution is 0.0666. The summed E-state index contributed by atoms with van der Waals surface area (Å²) >= 11 is 0. The topological polar surface area (TPSA) is 79.7 Å². The van der Waals surface area contributed by atoms with E-state index < -0.39 is 0 Å².